The van der Waals surface area contributed by atoms with Crippen molar-refractivity contribution in [2.75, 3.05) is 18.1 Å². The van der Waals surface area contributed by atoms with Crippen molar-refractivity contribution >= 4 is 17.7 Å². The van der Waals surface area contributed by atoms with Crippen LogP contribution in [-0.2, 0) is 11.3 Å². The van der Waals surface area contributed by atoms with Gasteiger partial charge in [0, 0.05) is 30.0 Å². The van der Waals surface area contributed by atoms with E-state index in [0.717, 1.165) is 36.8 Å². The largest absolute Gasteiger partial charge is 0.481 e. The smallest absolute Gasteiger partial charge is 0.304 e. The molecule has 0 radical (unpaired) electrons. The normalized spacial score (nSPS) is 24.5. The lowest BCUT2D eigenvalue weighted by Gasteiger charge is -2.33. The molecule has 1 aromatic rings. The number of hydrogen-bond donors (Lipinski definition) is 1. The number of hydrogen-bond acceptors (Lipinski definition) is 6. The second-order valence-electron chi connectivity index (χ2n) is 5.12. The van der Waals surface area contributed by atoms with Crippen molar-refractivity contribution in [3.63, 3.8) is 0 Å². The molecule has 6 nitrogen and oxygen atoms in total. The molecule has 1 atom stereocenters. The maximum atomic E-state index is 10.9. The molecule has 2 heterocycles. The van der Waals surface area contributed by atoms with Crippen LogP contribution in [0.5, 0.6) is 0 Å². The standard InChI is InChI=1S/C12H17N3O3S/c16-11(17)5-9-7-19-4-3-15(9)6-10-13-12(18-14-10)8-1-2-8/h8-9H,1-7H2,(H,16,17). The zero-order chi connectivity index (χ0) is 13.2. The highest BCUT2D eigenvalue weighted by Gasteiger charge is 2.31. The van der Waals surface area contributed by atoms with Gasteiger partial charge >= 0.3 is 5.97 Å². The van der Waals surface area contributed by atoms with Crippen molar-refractivity contribution in [3.8, 4) is 0 Å². The predicted octanol–water partition coefficient (Wildman–Crippen LogP) is 1.34. The van der Waals surface area contributed by atoms with Gasteiger partial charge in [-0.1, -0.05) is 5.16 Å². The van der Waals surface area contributed by atoms with Gasteiger partial charge < -0.3 is 9.63 Å². The Hall–Kier alpha value is -1.08. The Kier molecular flexibility index (Phi) is 3.74. The van der Waals surface area contributed by atoms with Gasteiger partial charge in [0.2, 0.25) is 5.89 Å². The van der Waals surface area contributed by atoms with Gasteiger partial charge in [0.15, 0.2) is 5.82 Å². The van der Waals surface area contributed by atoms with Gasteiger partial charge in [-0.3, -0.25) is 9.69 Å². The van der Waals surface area contributed by atoms with Gasteiger partial charge in [-0.05, 0) is 12.8 Å². The lowest BCUT2D eigenvalue weighted by atomic mass is 10.2. The molecule has 1 aliphatic carbocycles. The molecule has 0 amide bonds. The van der Waals surface area contributed by atoms with Gasteiger partial charge in [0.1, 0.15) is 0 Å². The lowest BCUT2D eigenvalue weighted by molar-refractivity contribution is -0.138. The summed E-state index contributed by atoms with van der Waals surface area (Å²) in [6.07, 6.45) is 2.47. The Morgan fingerprint density at radius 2 is 2.37 bits per heavy atom. The second-order valence-corrected chi connectivity index (χ2v) is 6.27. The molecule has 7 heteroatoms. The maximum absolute atomic E-state index is 10.9. The number of rotatable bonds is 5. The van der Waals surface area contributed by atoms with E-state index < -0.39 is 5.97 Å². The summed E-state index contributed by atoms with van der Waals surface area (Å²) in [4.78, 5) is 17.4. The van der Waals surface area contributed by atoms with E-state index in [1.165, 1.54) is 0 Å². The summed E-state index contributed by atoms with van der Waals surface area (Å²) >= 11 is 1.81. The molecule has 1 aliphatic heterocycles. The van der Waals surface area contributed by atoms with Crippen LogP contribution < -0.4 is 0 Å². The van der Waals surface area contributed by atoms with Crippen LogP contribution in [0.2, 0.25) is 0 Å². The highest BCUT2D eigenvalue weighted by Crippen LogP contribution is 2.38. The minimum Gasteiger partial charge on any atom is -0.481 e. The van der Waals surface area contributed by atoms with E-state index in [2.05, 4.69) is 15.0 Å². The third-order valence-corrected chi connectivity index (χ3v) is 4.61. The molecule has 1 unspecified atom stereocenters. The summed E-state index contributed by atoms with van der Waals surface area (Å²) in [5, 5.41) is 13.0. The van der Waals surface area contributed by atoms with Crippen LogP contribution in [0.15, 0.2) is 4.52 Å². The molecule has 1 saturated heterocycles. The first-order valence-corrected chi connectivity index (χ1v) is 7.74. The number of thioether (sulfide) groups is 1. The van der Waals surface area contributed by atoms with E-state index in [1.807, 2.05) is 11.8 Å². The Balaban J connectivity index is 1.63. The van der Waals surface area contributed by atoms with E-state index in [1.54, 1.807) is 0 Å². The van der Waals surface area contributed by atoms with Gasteiger partial charge in [0.05, 0.1) is 13.0 Å². The van der Waals surface area contributed by atoms with Crippen LogP contribution in [0.4, 0.5) is 0 Å². The fraction of sp³-hybridized carbons (Fsp3) is 0.750. The third kappa shape index (κ3) is 3.27. The van der Waals surface area contributed by atoms with Gasteiger partial charge in [-0.25, -0.2) is 0 Å². The number of aliphatic carboxylic acids is 1. The van der Waals surface area contributed by atoms with Crippen molar-refractivity contribution in [1.82, 2.24) is 15.0 Å². The molecule has 0 aromatic carbocycles. The van der Waals surface area contributed by atoms with E-state index in [4.69, 9.17) is 9.63 Å². The number of aromatic nitrogens is 2. The first-order chi connectivity index (χ1) is 9.22. The molecule has 1 aromatic heterocycles. The summed E-state index contributed by atoms with van der Waals surface area (Å²) in [7, 11) is 0. The molecule has 2 fully saturated rings. The van der Waals surface area contributed by atoms with Crippen LogP contribution in [0.3, 0.4) is 0 Å². The minimum absolute atomic E-state index is 0.0686. The maximum Gasteiger partial charge on any atom is 0.304 e. The lowest BCUT2D eigenvalue weighted by Crippen LogP contribution is -2.43. The van der Waals surface area contributed by atoms with Crippen molar-refractivity contribution in [2.24, 2.45) is 0 Å². The highest BCUT2D eigenvalue weighted by atomic mass is 32.2. The highest BCUT2D eigenvalue weighted by molar-refractivity contribution is 7.99. The number of nitrogens with zero attached hydrogens (tertiary/aromatic N) is 3. The number of carbonyl (C=O) groups is 1. The van der Waals surface area contributed by atoms with Crippen molar-refractivity contribution in [2.45, 2.75) is 37.8 Å². The quantitative estimate of drug-likeness (QED) is 0.873. The number of carboxylic acids is 1. The first-order valence-electron chi connectivity index (χ1n) is 6.58. The second kappa shape index (κ2) is 5.50. The van der Waals surface area contributed by atoms with E-state index >= 15 is 0 Å². The van der Waals surface area contributed by atoms with Crippen LogP contribution >= 0.6 is 11.8 Å². The van der Waals surface area contributed by atoms with Crippen LogP contribution in [0.1, 0.15) is 36.9 Å². The SMILES string of the molecule is O=C(O)CC1CSCCN1Cc1noc(C2CC2)n1. The average molecular weight is 283 g/mol. The Morgan fingerprint density at radius 3 is 3.11 bits per heavy atom. The molecule has 3 rings (SSSR count). The van der Waals surface area contributed by atoms with E-state index in [-0.39, 0.29) is 12.5 Å². The van der Waals surface area contributed by atoms with Gasteiger partial charge in [-0.2, -0.15) is 16.7 Å². The molecule has 0 spiro atoms. The Morgan fingerprint density at radius 1 is 1.53 bits per heavy atom. The van der Waals surface area contributed by atoms with Gasteiger partial charge in [0.25, 0.3) is 0 Å². The van der Waals surface area contributed by atoms with Crippen molar-refractivity contribution < 1.29 is 14.4 Å². The summed E-state index contributed by atoms with van der Waals surface area (Å²) in [5.41, 5.74) is 0. The monoisotopic (exact) mass is 283 g/mol. The zero-order valence-electron chi connectivity index (χ0n) is 10.6. The van der Waals surface area contributed by atoms with E-state index in [9.17, 15) is 4.79 Å². The molecule has 2 aliphatic rings. The van der Waals surface area contributed by atoms with Crippen LogP contribution in [0.25, 0.3) is 0 Å². The van der Waals surface area contributed by atoms with E-state index in [0.29, 0.717) is 18.3 Å². The molecule has 0 bridgehead atoms. The predicted molar refractivity (Wildman–Crippen MR) is 70.0 cm³/mol. The molecular formula is C12H17N3O3S. The zero-order valence-corrected chi connectivity index (χ0v) is 11.4. The molecule has 1 saturated carbocycles. The topological polar surface area (TPSA) is 79.5 Å². The molecular weight excluding hydrogens is 266 g/mol. The molecule has 1 N–H and O–H groups in total. The Bertz CT molecular complexity index is 461. The van der Waals surface area contributed by atoms with Crippen molar-refractivity contribution in [1.29, 1.82) is 0 Å². The third-order valence-electron chi connectivity index (χ3n) is 3.51. The fourth-order valence-corrected chi connectivity index (χ4v) is 3.43. The number of carboxylic acid groups (broad SMARTS) is 1. The summed E-state index contributed by atoms with van der Waals surface area (Å²) in [5.74, 6) is 3.04. The summed E-state index contributed by atoms with van der Waals surface area (Å²) < 4.78 is 5.24. The van der Waals surface area contributed by atoms with Crippen LogP contribution in [0, 0.1) is 0 Å². The van der Waals surface area contributed by atoms with Crippen LogP contribution in [-0.4, -0.2) is 50.2 Å². The minimum atomic E-state index is -0.746. The molecule has 104 valence electrons. The summed E-state index contributed by atoms with van der Waals surface area (Å²) in [6, 6.07) is 0.0686. The molecule has 19 heavy (non-hydrogen) atoms. The average Bonchev–Trinajstić information content (AvgIpc) is 3.12. The first kappa shape index (κ1) is 12.9. The van der Waals surface area contributed by atoms with Crippen molar-refractivity contribution in [3.05, 3.63) is 11.7 Å². The Labute approximate surface area is 115 Å². The fourth-order valence-electron chi connectivity index (χ4n) is 2.30. The van der Waals surface area contributed by atoms with Gasteiger partial charge in [-0.15, -0.1) is 0 Å². The summed E-state index contributed by atoms with van der Waals surface area (Å²) in [6.45, 7) is 1.48.